The van der Waals surface area contributed by atoms with Gasteiger partial charge in [0.2, 0.25) is 0 Å². The van der Waals surface area contributed by atoms with Crippen molar-refractivity contribution >= 4 is 23.2 Å². The first-order valence-corrected chi connectivity index (χ1v) is 6.34. The summed E-state index contributed by atoms with van der Waals surface area (Å²) in [7, 11) is 1.97. The molecule has 0 amide bonds. The van der Waals surface area contributed by atoms with Crippen LogP contribution in [-0.4, -0.2) is 34.7 Å². The zero-order chi connectivity index (χ0) is 13.0. The lowest BCUT2D eigenvalue weighted by molar-refractivity contribution is 0.163. The number of hydrogen-bond acceptors (Lipinski definition) is 3. The average Bonchev–Trinajstić information content (AvgIpc) is 2.20. The van der Waals surface area contributed by atoms with Gasteiger partial charge in [-0.25, -0.2) is 4.98 Å². The minimum atomic E-state index is -0.292. The van der Waals surface area contributed by atoms with E-state index in [1.807, 2.05) is 20.0 Å². The molecule has 0 aliphatic heterocycles. The van der Waals surface area contributed by atoms with Gasteiger partial charge < -0.3 is 10.0 Å². The highest BCUT2D eigenvalue weighted by atomic mass is 35.5. The molecular formula is C12H18Cl2N2O. The Morgan fingerprint density at radius 3 is 2.65 bits per heavy atom. The third-order valence-corrected chi connectivity index (χ3v) is 3.15. The zero-order valence-corrected chi connectivity index (χ0v) is 11.9. The first-order valence-electron chi connectivity index (χ1n) is 5.58. The monoisotopic (exact) mass is 276 g/mol. The Morgan fingerprint density at radius 1 is 1.47 bits per heavy atom. The average molecular weight is 277 g/mol. The number of aliphatic hydroxyl groups is 1. The van der Waals surface area contributed by atoms with Crippen LogP contribution in [0.25, 0.3) is 0 Å². The number of aromatic nitrogens is 1. The topological polar surface area (TPSA) is 36.4 Å². The van der Waals surface area contributed by atoms with E-state index in [0.29, 0.717) is 16.7 Å². The lowest BCUT2D eigenvalue weighted by Gasteiger charge is -2.19. The van der Waals surface area contributed by atoms with Crippen LogP contribution in [0.4, 0.5) is 0 Å². The molecule has 1 N–H and O–H groups in total. The fourth-order valence-electron chi connectivity index (χ4n) is 1.52. The van der Waals surface area contributed by atoms with Crippen molar-refractivity contribution in [2.75, 3.05) is 13.6 Å². The maximum atomic E-state index is 9.22. The predicted molar refractivity (Wildman–Crippen MR) is 71.6 cm³/mol. The highest BCUT2D eigenvalue weighted by molar-refractivity contribution is 6.35. The molecule has 1 aromatic heterocycles. The summed E-state index contributed by atoms with van der Waals surface area (Å²) < 4.78 is 0. The maximum absolute atomic E-state index is 9.22. The quantitative estimate of drug-likeness (QED) is 0.841. The number of rotatable bonds is 5. The van der Waals surface area contributed by atoms with Crippen LogP contribution in [0.5, 0.6) is 0 Å². The Balaban J connectivity index is 2.68. The van der Waals surface area contributed by atoms with Crippen LogP contribution in [0.1, 0.15) is 24.6 Å². The summed E-state index contributed by atoms with van der Waals surface area (Å²) in [6, 6.07) is 1.81. The molecule has 0 bridgehead atoms. The first kappa shape index (κ1) is 14.7. The van der Waals surface area contributed by atoms with Crippen molar-refractivity contribution in [1.82, 2.24) is 9.88 Å². The molecule has 0 radical (unpaired) electrons. The van der Waals surface area contributed by atoms with Gasteiger partial charge in [0.25, 0.3) is 0 Å². The van der Waals surface area contributed by atoms with Crippen LogP contribution >= 0.6 is 23.2 Å². The number of pyridine rings is 1. The largest absolute Gasteiger partial charge is 0.393 e. The second kappa shape index (κ2) is 6.55. The highest BCUT2D eigenvalue weighted by Gasteiger charge is 2.11. The third kappa shape index (κ3) is 4.80. The lowest BCUT2D eigenvalue weighted by Crippen LogP contribution is -2.22. The summed E-state index contributed by atoms with van der Waals surface area (Å²) in [6.45, 7) is 5.07. The number of nitrogens with zero attached hydrogens (tertiary/aromatic N) is 2. The Hall–Kier alpha value is -0.350. The van der Waals surface area contributed by atoms with E-state index in [9.17, 15) is 5.11 Å². The van der Waals surface area contributed by atoms with Crippen molar-refractivity contribution in [3.63, 3.8) is 0 Å². The van der Waals surface area contributed by atoms with E-state index in [0.717, 1.165) is 24.2 Å². The van der Waals surface area contributed by atoms with Gasteiger partial charge in [0.15, 0.2) is 0 Å². The summed E-state index contributed by atoms with van der Waals surface area (Å²) in [5.41, 5.74) is 1.66. The molecule has 1 heterocycles. The second-order valence-corrected chi connectivity index (χ2v) is 5.16. The SMILES string of the molecule is Cc1cc(Cl)c(CN(C)CCC(C)O)c(Cl)n1. The molecule has 0 aliphatic rings. The molecule has 17 heavy (non-hydrogen) atoms. The minimum Gasteiger partial charge on any atom is -0.393 e. The van der Waals surface area contributed by atoms with E-state index in [4.69, 9.17) is 23.2 Å². The van der Waals surface area contributed by atoms with Crippen LogP contribution in [0, 0.1) is 6.92 Å². The van der Waals surface area contributed by atoms with Crippen molar-refractivity contribution in [2.45, 2.75) is 32.9 Å². The standard InChI is InChI=1S/C12H18Cl2N2O/c1-8-6-11(13)10(12(14)15-8)7-16(3)5-4-9(2)17/h6,9,17H,4-5,7H2,1-3H3. The van der Waals surface area contributed by atoms with Gasteiger partial charge in [0, 0.05) is 29.4 Å². The Bertz CT molecular complexity index is 360. The number of aliphatic hydroxyl groups excluding tert-OH is 1. The molecule has 1 unspecified atom stereocenters. The molecule has 0 saturated heterocycles. The first-order chi connectivity index (χ1) is 7.90. The Morgan fingerprint density at radius 2 is 2.12 bits per heavy atom. The van der Waals surface area contributed by atoms with E-state index >= 15 is 0 Å². The van der Waals surface area contributed by atoms with Crippen LogP contribution < -0.4 is 0 Å². The van der Waals surface area contributed by atoms with Crippen molar-refractivity contribution in [3.8, 4) is 0 Å². The highest BCUT2D eigenvalue weighted by Crippen LogP contribution is 2.24. The molecule has 1 atom stereocenters. The summed E-state index contributed by atoms with van der Waals surface area (Å²) in [5.74, 6) is 0. The van der Waals surface area contributed by atoms with Crippen molar-refractivity contribution < 1.29 is 5.11 Å². The van der Waals surface area contributed by atoms with Gasteiger partial charge in [-0.15, -0.1) is 0 Å². The molecule has 0 aromatic carbocycles. The van der Waals surface area contributed by atoms with E-state index in [-0.39, 0.29) is 6.10 Å². The smallest absolute Gasteiger partial charge is 0.135 e. The molecule has 0 aliphatic carbocycles. The van der Waals surface area contributed by atoms with E-state index in [1.54, 1.807) is 6.92 Å². The maximum Gasteiger partial charge on any atom is 0.135 e. The van der Waals surface area contributed by atoms with E-state index in [2.05, 4.69) is 9.88 Å². The van der Waals surface area contributed by atoms with Gasteiger partial charge in [-0.2, -0.15) is 0 Å². The fraction of sp³-hybridized carbons (Fsp3) is 0.583. The van der Waals surface area contributed by atoms with Gasteiger partial charge in [-0.1, -0.05) is 23.2 Å². The van der Waals surface area contributed by atoms with Crippen LogP contribution in [0.3, 0.4) is 0 Å². The third-order valence-electron chi connectivity index (χ3n) is 2.50. The summed E-state index contributed by atoms with van der Waals surface area (Å²) in [4.78, 5) is 6.25. The fourth-order valence-corrected chi connectivity index (χ4v) is 2.17. The van der Waals surface area contributed by atoms with Crippen LogP contribution in [0.15, 0.2) is 6.07 Å². The van der Waals surface area contributed by atoms with Crippen molar-refractivity contribution in [1.29, 1.82) is 0 Å². The van der Waals surface area contributed by atoms with Crippen molar-refractivity contribution in [2.24, 2.45) is 0 Å². The molecule has 1 rings (SSSR count). The van der Waals surface area contributed by atoms with E-state index in [1.165, 1.54) is 0 Å². The molecule has 3 nitrogen and oxygen atoms in total. The lowest BCUT2D eigenvalue weighted by atomic mass is 10.2. The normalized spacial score (nSPS) is 13.1. The van der Waals surface area contributed by atoms with Crippen LogP contribution in [0.2, 0.25) is 10.2 Å². The van der Waals surface area contributed by atoms with E-state index < -0.39 is 0 Å². The van der Waals surface area contributed by atoms with Crippen LogP contribution in [-0.2, 0) is 6.54 Å². The Labute approximate surface area is 112 Å². The Kier molecular flexibility index (Phi) is 5.67. The number of aryl methyl sites for hydroxylation is 1. The van der Waals surface area contributed by atoms with Gasteiger partial charge in [0.1, 0.15) is 5.15 Å². The summed E-state index contributed by atoms with van der Waals surface area (Å²) in [6.07, 6.45) is 0.435. The molecular weight excluding hydrogens is 259 g/mol. The molecule has 96 valence electrons. The molecule has 0 spiro atoms. The molecule has 5 heteroatoms. The van der Waals surface area contributed by atoms with Gasteiger partial charge >= 0.3 is 0 Å². The van der Waals surface area contributed by atoms with Gasteiger partial charge in [-0.05, 0) is 33.4 Å². The summed E-state index contributed by atoms with van der Waals surface area (Å²) >= 11 is 12.2. The number of hydrogen-bond donors (Lipinski definition) is 1. The van der Waals surface area contributed by atoms with Gasteiger partial charge in [-0.3, -0.25) is 0 Å². The van der Waals surface area contributed by atoms with Crippen molar-refractivity contribution in [3.05, 3.63) is 27.5 Å². The second-order valence-electron chi connectivity index (χ2n) is 4.39. The molecule has 1 aromatic rings. The minimum absolute atomic E-state index is 0.292. The predicted octanol–water partition coefficient (Wildman–Crippen LogP) is 2.90. The zero-order valence-electron chi connectivity index (χ0n) is 10.4. The molecule has 0 saturated carbocycles. The molecule has 0 fully saturated rings. The summed E-state index contributed by atoms with van der Waals surface area (Å²) in [5, 5.41) is 10.3. The van der Waals surface area contributed by atoms with Gasteiger partial charge in [0.05, 0.1) is 6.10 Å². The number of halogens is 2.